The molecule has 27 heavy (non-hydrogen) atoms. The van der Waals surface area contributed by atoms with E-state index in [1.54, 1.807) is 18.4 Å². The van der Waals surface area contributed by atoms with Crippen LogP contribution in [0.5, 0.6) is 0 Å². The number of aromatic nitrogens is 4. The number of benzene rings is 1. The van der Waals surface area contributed by atoms with E-state index < -0.39 is 0 Å². The molecule has 0 amide bonds. The van der Waals surface area contributed by atoms with Crippen molar-refractivity contribution in [2.45, 2.75) is 30.4 Å². The maximum atomic E-state index is 5.35. The summed E-state index contributed by atoms with van der Waals surface area (Å²) in [6, 6.07) is 9.80. The Hall–Kier alpha value is -2.65. The Morgan fingerprint density at radius 1 is 1.15 bits per heavy atom. The Kier molecular flexibility index (Phi) is 4.95. The number of thioether (sulfide) groups is 1. The molecule has 138 valence electrons. The Labute approximate surface area is 164 Å². The predicted octanol–water partition coefficient (Wildman–Crippen LogP) is 5.39. The average Bonchev–Trinajstić information content (AvgIpc) is 3.38. The molecule has 4 rings (SSSR count). The minimum absolute atomic E-state index is 0.0522. The molecule has 0 unspecified atom stereocenters. The molecular formula is C18H17N5O2S2. The Bertz CT molecular complexity index is 1040. The van der Waals surface area contributed by atoms with Gasteiger partial charge in [-0.3, -0.25) is 0 Å². The third kappa shape index (κ3) is 4.04. The van der Waals surface area contributed by atoms with Gasteiger partial charge < -0.3 is 14.3 Å². The predicted molar refractivity (Wildman–Crippen MR) is 105 cm³/mol. The molecule has 0 fully saturated rings. The molecule has 1 aromatic carbocycles. The summed E-state index contributed by atoms with van der Waals surface area (Å²) in [5.41, 5.74) is 3.49. The molecule has 1 N–H and O–H groups in total. The molecule has 0 aliphatic rings. The molecule has 3 heterocycles. The van der Waals surface area contributed by atoms with Crippen LogP contribution in [0.15, 0.2) is 49.9 Å². The van der Waals surface area contributed by atoms with Crippen molar-refractivity contribution < 1.29 is 8.94 Å². The molecule has 9 heteroatoms. The lowest BCUT2D eigenvalue weighted by Gasteiger charge is -2.05. The first-order valence-electron chi connectivity index (χ1n) is 8.30. The highest BCUT2D eigenvalue weighted by molar-refractivity contribution is 8.01. The van der Waals surface area contributed by atoms with Gasteiger partial charge in [0.2, 0.25) is 16.8 Å². The van der Waals surface area contributed by atoms with Gasteiger partial charge in [-0.25, -0.2) is 0 Å². The molecule has 0 bridgehead atoms. The smallest absolute Gasteiger partial charge is 0.240 e. The first-order chi connectivity index (χ1) is 13.1. The Balaban J connectivity index is 1.42. The van der Waals surface area contributed by atoms with E-state index in [4.69, 9.17) is 8.94 Å². The van der Waals surface area contributed by atoms with Gasteiger partial charge in [-0.1, -0.05) is 34.3 Å². The zero-order valence-corrected chi connectivity index (χ0v) is 16.6. The van der Waals surface area contributed by atoms with Crippen molar-refractivity contribution in [2.24, 2.45) is 0 Å². The fraction of sp³-hybridized carbons (Fsp3) is 0.222. The minimum Gasteiger partial charge on any atom is -0.461 e. The maximum absolute atomic E-state index is 5.35. The summed E-state index contributed by atoms with van der Waals surface area (Å²) in [5.74, 6) is 1.54. The van der Waals surface area contributed by atoms with Gasteiger partial charge in [-0.15, -0.1) is 10.2 Å². The molecule has 3 aromatic heterocycles. The summed E-state index contributed by atoms with van der Waals surface area (Å²) in [6.45, 7) is 6.17. The van der Waals surface area contributed by atoms with E-state index >= 15 is 0 Å². The van der Waals surface area contributed by atoms with Crippen LogP contribution in [0.3, 0.4) is 0 Å². The van der Waals surface area contributed by atoms with Crippen LogP contribution >= 0.6 is 23.1 Å². The number of furan rings is 1. The van der Waals surface area contributed by atoms with Crippen molar-refractivity contribution in [1.82, 2.24) is 20.3 Å². The van der Waals surface area contributed by atoms with Crippen LogP contribution in [-0.2, 0) is 0 Å². The largest absolute Gasteiger partial charge is 0.461 e. The average molecular weight is 400 g/mol. The van der Waals surface area contributed by atoms with E-state index in [2.05, 4.69) is 51.6 Å². The fourth-order valence-corrected chi connectivity index (χ4v) is 4.31. The summed E-state index contributed by atoms with van der Waals surface area (Å²) >= 11 is 3.01. The summed E-state index contributed by atoms with van der Waals surface area (Å²) in [6.07, 6.45) is 1.58. The number of nitrogens with zero attached hydrogens (tertiary/aromatic N) is 4. The molecule has 0 radical (unpaired) electrons. The third-order valence-corrected chi connectivity index (χ3v) is 5.98. The zero-order chi connectivity index (χ0) is 18.8. The lowest BCUT2D eigenvalue weighted by Crippen LogP contribution is -1.91. The van der Waals surface area contributed by atoms with Gasteiger partial charge in [0.25, 0.3) is 0 Å². The van der Waals surface area contributed by atoms with Crippen LogP contribution < -0.4 is 5.32 Å². The number of nitrogens with one attached hydrogen (secondary N) is 1. The van der Waals surface area contributed by atoms with Gasteiger partial charge in [0.15, 0.2) is 10.1 Å². The Morgan fingerprint density at radius 2 is 2.04 bits per heavy atom. The molecular weight excluding hydrogens is 382 g/mol. The standard InChI is InChI=1S/C18H17N5O2S2/c1-10-6-7-13(9-11(10)2)19-17-21-22-18(27-17)26-12(3)16-20-15(23-25-16)14-5-4-8-24-14/h4-9,12H,1-3H3,(H,19,21)/t12-/m0/s1. The van der Waals surface area contributed by atoms with Gasteiger partial charge in [0.05, 0.1) is 11.5 Å². The molecule has 0 saturated carbocycles. The highest BCUT2D eigenvalue weighted by atomic mass is 32.2. The second-order valence-corrected chi connectivity index (χ2v) is 8.56. The van der Waals surface area contributed by atoms with Crippen LogP contribution in [0.25, 0.3) is 11.6 Å². The molecule has 7 nitrogen and oxygen atoms in total. The van der Waals surface area contributed by atoms with Crippen molar-refractivity contribution in [1.29, 1.82) is 0 Å². The number of hydrogen-bond donors (Lipinski definition) is 1. The molecule has 4 aromatic rings. The van der Waals surface area contributed by atoms with Crippen molar-refractivity contribution in [2.75, 3.05) is 5.32 Å². The topological polar surface area (TPSA) is 89.9 Å². The highest BCUT2D eigenvalue weighted by Gasteiger charge is 2.19. The van der Waals surface area contributed by atoms with E-state index in [1.807, 2.05) is 13.0 Å². The minimum atomic E-state index is -0.0522. The van der Waals surface area contributed by atoms with Crippen LogP contribution in [0.2, 0.25) is 0 Å². The second kappa shape index (κ2) is 7.53. The summed E-state index contributed by atoms with van der Waals surface area (Å²) < 4.78 is 11.5. The van der Waals surface area contributed by atoms with E-state index in [0.717, 1.165) is 15.2 Å². The number of anilines is 2. The first-order valence-corrected chi connectivity index (χ1v) is 10.00. The quantitative estimate of drug-likeness (QED) is 0.431. The van der Waals surface area contributed by atoms with Gasteiger partial charge in [0.1, 0.15) is 0 Å². The van der Waals surface area contributed by atoms with E-state index in [9.17, 15) is 0 Å². The number of hydrogen-bond acceptors (Lipinski definition) is 9. The van der Waals surface area contributed by atoms with Crippen LogP contribution in [0, 0.1) is 13.8 Å². The zero-order valence-electron chi connectivity index (χ0n) is 15.0. The molecule has 0 aliphatic heterocycles. The van der Waals surface area contributed by atoms with E-state index in [1.165, 1.54) is 34.2 Å². The lowest BCUT2D eigenvalue weighted by molar-refractivity contribution is 0.379. The summed E-state index contributed by atoms with van der Waals surface area (Å²) in [7, 11) is 0. The van der Waals surface area contributed by atoms with Crippen molar-refractivity contribution in [3.8, 4) is 11.6 Å². The van der Waals surface area contributed by atoms with Gasteiger partial charge in [0, 0.05) is 5.69 Å². The van der Waals surface area contributed by atoms with E-state index in [-0.39, 0.29) is 5.25 Å². The summed E-state index contributed by atoms with van der Waals surface area (Å²) in [5, 5.41) is 16.4. The van der Waals surface area contributed by atoms with Crippen LogP contribution in [0.4, 0.5) is 10.8 Å². The maximum Gasteiger partial charge on any atom is 0.240 e. The third-order valence-electron chi connectivity index (χ3n) is 3.97. The second-order valence-electron chi connectivity index (χ2n) is 5.99. The van der Waals surface area contributed by atoms with Gasteiger partial charge in [-0.2, -0.15) is 4.98 Å². The van der Waals surface area contributed by atoms with Crippen molar-refractivity contribution >= 4 is 33.9 Å². The molecule has 1 atom stereocenters. The normalized spacial score (nSPS) is 12.3. The van der Waals surface area contributed by atoms with Crippen LogP contribution in [-0.4, -0.2) is 20.3 Å². The van der Waals surface area contributed by atoms with Gasteiger partial charge in [-0.05, 0) is 56.2 Å². The van der Waals surface area contributed by atoms with E-state index in [0.29, 0.717) is 17.5 Å². The summed E-state index contributed by atoms with van der Waals surface area (Å²) in [4.78, 5) is 4.39. The number of aryl methyl sites for hydroxylation is 2. The van der Waals surface area contributed by atoms with Crippen molar-refractivity contribution in [3.63, 3.8) is 0 Å². The van der Waals surface area contributed by atoms with Crippen LogP contribution in [0.1, 0.15) is 29.2 Å². The SMILES string of the molecule is Cc1ccc(Nc2nnc(S[C@@H](C)c3nc(-c4ccco4)no3)s2)cc1C. The number of rotatable bonds is 6. The molecule has 0 spiro atoms. The van der Waals surface area contributed by atoms with Crippen molar-refractivity contribution in [3.05, 3.63) is 53.6 Å². The monoisotopic (exact) mass is 399 g/mol. The lowest BCUT2D eigenvalue weighted by atomic mass is 10.1. The highest BCUT2D eigenvalue weighted by Crippen LogP contribution is 2.37. The first kappa shape index (κ1) is 17.7. The Morgan fingerprint density at radius 3 is 2.81 bits per heavy atom. The molecule has 0 saturated heterocycles. The van der Waals surface area contributed by atoms with Gasteiger partial charge >= 0.3 is 0 Å². The fourth-order valence-electron chi connectivity index (χ4n) is 2.36. The molecule has 0 aliphatic carbocycles.